The van der Waals surface area contributed by atoms with Gasteiger partial charge in [-0.15, -0.1) is 0 Å². The minimum Gasteiger partial charge on any atom is -0.480 e. The van der Waals surface area contributed by atoms with Gasteiger partial charge < -0.3 is 71.2 Å². The Morgan fingerprint density at radius 2 is 0.707 bits per heavy atom. The fourth-order valence-corrected chi connectivity index (χ4v) is 20.8. The van der Waals surface area contributed by atoms with Gasteiger partial charge in [-0.2, -0.15) is 0 Å². The fraction of sp³-hybridized carbons (Fsp3) is 0.302. The van der Waals surface area contributed by atoms with Crippen molar-refractivity contribution in [3.63, 3.8) is 0 Å². The van der Waals surface area contributed by atoms with Gasteiger partial charge in [-0.3, -0.25) is 61.8 Å². The summed E-state index contributed by atoms with van der Waals surface area (Å²) in [4.78, 5) is 191. The Bertz CT molecular complexity index is 7740. The second-order valence-corrected chi connectivity index (χ2v) is 42.3. The number of fused-ring (bicyclic) bond motifs is 3. The van der Waals surface area contributed by atoms with Gasteiger partial charge in [0.25, 0.3) is 0 Å². The normalized spacial score (nSPS) is 16.2. The lowest BCUT2D eigenvalue weighted by Gasteiger charge is -2.24. The number of hydrogen-bond acceptors (Lipinski definition) is 24. The lowest BCUT2D eigenvalue weighted by molar-refractivity contribution is -0.138. The van der Waals surface area contributed by atoms with Crippen molar-refractivity contribution in [3.8, 4) is 72.9 Å². The lowest BCUT2D eigenvalue weighted by atomic mass is 9.97. The smallest absolute Gasteiger partial charge is 0.367 e. The van der Waals surface area contributed by atoms with E-state index in [0.29, 0.717) is 116 Å². The van der Waals surface area contributed by atoms with Crippen LogP contribution in [0.15, 0.2) is 195 Å². The molecule has 0 unspecified atom stereocenters. The standard InChI is InChI=1S/C40H40ClF2N4O7P.C36H32ClF2N4O7P.C30H31FN5O7P/c1-5-53-55(51,54-6-2)23-52-38-17-35-32(16-31(38)27-18-44-25(4)45-19-27)33(24(3)48)21-46(35)22-39(50)47-20-28(42)15-36(47)37(49)14-26-10-9-12-30(40(26)43)29-11-7-8-13-34(29)41;1-20(44)29-17-42(31-13-34(50-19-51(47,48)49)27(12-28(29)31)23-14-40-21(2)41-15-23)18-35(46)43-16-24(38)11-32(43)33(45)10-22-6-5-8-26(36(22)39)25-7-3-4-9-30(25)37;1-17-5-4-6-22(34-17)8-28(38)27-7-21(31)13-36(27)30(39)15-35-14-25(18(2)37)24-9-23(20-11-32-19(3)33-12-20)29(10-26(24)35)43-16-44(40,41)42/h7-13,16-19,21,28,36H,5-6,14-15,20,22-23H2,1-4H3;3-9,12-15,17,24,32H,10-11,16,18-19H2,1-2H3,(H2,47,48,49);4-6,9-12,14,21,27H,7-8,13,15-16H2,1-3H3,(H2,40,41,42)/t28-,36+;24-,32+;21-,27+/m111/s1. The van der Waals surface area contributed by atoms with Gasteiger partial charge in [0.05, 0.1) is 73.9 Å². The van der Waals surface area contributed by atoms with Crippen LogP contribution in [0.5, 0.6) is 17.2 Å². The molecule has 150 heavy (non-hydrogen) atoms. The molecular formula is C106H103Cl2F5N13O21P3. The molecule has 44 heteroatoms. The van der Waals surface area contributed by atoms with E-state index in [0.717, 1.165) is 10.6 Å². The molecule has 7 aromatic heterocycles. The maximum Gasteiger partial charge on any atom is 0.367 e. The number of Topliss-reactive ketones (excluding diaryl/α,β-unsaturated/α-hetero) is 6. The van der Waals surface area contributed by atoms with E-state index in [1.165, 1.54) is 112 Å². The van der Waals surface area contributed by atoms with Crippen molar-refractivity contribution >= 4 is 131 Å². The summed E-state index contributed by atoms with van der Waals surface area (Å²) in [6.45, 7) is 12.6. The van der Waals surface area contributed by atoms with E-state index < -0.39 is 132 Å². The Hall–Kier alpha value is -13.9. The number of benzene rings is 7. The van der Waals surface area contributed by atoms with Gasteiger partial charge in [-0.25, -0.2) is 51.9 Å². The Labute approximate surface area is 866 Å². The van der Waals surface area contributed by atoms with Gasteiger partial charge in [0.2, 0.25) is 17.7 Å². The number of likely N-dealkylation sites (tertiary alicyclic amines) is 3. The summed E-state index contributed by atoms with van der Waals surface area (Å²) in [6.07, 6.45) is 5.60. The van der Waals surface area contributed by atoms with Gasteiger partial charge in [0, 0.05) is 216 Å². The number of ketones is 6. The molecule has 0 bridgehead atoms. The summed E-state index contributed by atoms with van der Waals surface area (Å²) in [5, 5.41) is 2.01. The number of pyridine rings is 1. The first-order valence-corrected chi connectivity index (χ1v) is 53.5. The van der Waals surface area contributed by atoms with Crippen LogP contribution in [-0.2, 0) is 90.4 Å². The van der Waals surface area contributed by atoms with Crippen LogP contribution in [0, 0.1) is 39.3 Å². The third kappa shape index (κ3) is 26.0. The molecule has 3 saturated heterocycles. The number of aryl methyl sites for hydroxylation is 4. The second-order valence-electron chi connectivity index (χ2n) is 36.3. The molecule has 0 aliphatic carbocycles. The van der Waals surface area contributed by atoms with E-state index in [2.05, 4.69) is 34.9 Å². The van der Waals surface area contributed by atoms with E-state index >= 15 is 13.2 Å². The third-order valence-electron chi connectivity index (χ3n) is 25.4. The maximum absolute atomic E-state index is 15.8. The maximum atomic E-state index is 15.8. The zero-order valence-corrected chi connectivity index (χ0v) is 86.7. The number of ether oxygens (including phenoxy) is 3. The second kappa shape index (κ2) is 47.1. The molecule has 3 aliphatic rings. The molecule has 7 aromatic carbocycles. The van der Waals surface area contributed by atoms with Crippen molar-refractivity contribution in [3.05, 3.63) is 274 Å². The van der Waals surface area contributed by atoms with Crippen LogP contribution in [0.1, 0.15) is 125 Å². The highest BCUT2D eigenvalue weighted by Crippen LogP contribution is 2.51. The van der Waals surface area contributed by atoms with E-state index in [1.54, 1.807) is 169 Å². The molecule has 10 heterocycles. The third-order valence-corrected chi connectivity index (χ3v) is 28.8. The van der Waals surface area contributed by atoms with Crippen molar-refractivity contribution in [2.45, 2.75) is 157 Å². The molecule has 34 nitrogen and oxygen atoms in total. The molecule has 3 amide bonds. The summed E-state index contributed by atoms with van der Waals surface area (Å²) < 4.78 is 145. The quantitative estimate of drug-likeness (QED) is 0.0161. The molecule has 17 rings (SSSR count). The number of rotatable bonds is 36. The number of nitrogens with zero attached hydrogens (tertiary/aromatic N) is 13. The molecule has 0 spiro atoms. The Morgan fingerprint density at radius 3 is 1.01 bits per heavy atom. The zero-order valence-electron chi connectivity index (χ0n) is 82.5. The first kappa shape index (κ1) is 110. The van der Waals surface area contributed by atoms with Gasteiger partial charge in [0.1, 0.15) is 84.5 Å². The molecule has 0 radical (unpaired) electrons. The number of aromatic nitrogens is 10. The topological polar surface area (TPSA) is 447 Å². The van der Waals surface area contributed by atoms with Crippen LogP contribution in [0.4, 0.5) is 22.0 Å². The Balaban J connectivity index is 0.000000169. The van der Waals surface area contributed by atoms with Crippen LogP contribution >= 0.6 is 46.0 Å². The van der Waals surface area contributed by atoms with E-state index in [-0.39, 0.29) is 152 Å². The monoisotopic (exact) mass is 2150 g/mol. The Morgan fingerprint density at radius 1 is 0.400 bits per heavy atom. The highest BCUT2D eigenvalue weighted by Gasteiger charge is 2.44. The SMILES string of the molecule is CC(=O)c1cn(CC(=O)N2C[C@H](F)C[C@H]2C(=O)Cc2cccc(-c3ccccc3Cl)c2F)c2cc(OCP(=O)(O)O)c(-c3cnc(C)nc3)cc12.CC(=O)c1cn(CC(=O)N2C[C@H](F)C[C@H]2C(=O)Cc2cccc(C)n2)c2cc(OCP(=O)(O)O)c(-c3cnc(C)nc3)cc12.CCOP(=O)(COc1cc2c(cc1-c1cnc(C)nc1)c(C(C)=O)cn2CC(=O)N1C[C@H](F)C[C@H]1C(=O)Cc1cccc(-c2ccccc2Cl)c1F)OCC. The van der Waals surface area contributed by atoms with Crippen molar-refractivity contribution < 1.29 is 122 Å². The molecule has 14 aromatic rings. The number of amides is 3. The van der Waals surface area contributed by atoms with Crippen molar-refractivity contribution in [1.82, 2.24) is 63.3 Å². The fourth-order valence-electron chi connectivity index (χ4n) is 18.4. The van der Waals surface area contributed by atoms with Crippen molar-refractivity contribution in [2.24, 2.45) is 0 Å². The van der Waals surface area contributed by atoms with Gasteiger partial charge in [-0.1, -0.05) is 102 Å². The predicted molar refractivity (Wildman–Crippen MR) is 548 cm³/mol. The van der Waals surface area contributed by atoms with Gasteiger partial charge >= 0.3 is 22.8 Å². The number of hydrogen-bond donors (Lipinski definition) is 4. The molecule has 3 fully saturated rings. The highest BCUT2D eigenvalue weighted by molar-refractivity contribution is 7.53. The minimum absolute atomic E-state index is 0.0271. The zero-order chi connectivity index (χ0) is 108. The summed E-state index contributed by atoms with van der Waals surface area (Å²) >= 11 is 12.6. The largest absolute Gasteiger partial charge is 0.480 e. The van der Waals surface area contributed by atoms with E-state index in [1.807, 2.05) is 0 Å². The van der Waals surface area contributed by atoms with Crippen LogP contribution < -0.4 is 14.2 Å². The number of halogens is 7. The predicted octanol–water partition coefficient (Wildman–Crippen LogP) is 18.3. The highest BCUT2D eigenvalue weighted by atomic mass is 35.5. The minimum atomic E-state index is -4.61. The first-order valence-electron chi connectivity index (χ1n) is 47.4. The molecule has 3 aliphatic heterocycles. The average molecular weight is 2150 g/mol. The van der Waals surface area contributed by atoms with Crippen molar-refractivity contribution in [2.75, 3.05) is 51.9 Å². The van der Waals surface area contributed by atoms with Crippen LogP contribution in [0.3, 0.4) is 0 Å². The number of carbonyl (C=O) groups is 9. The molecular weight excluding hydrogens is 2050 g/mol. The molecule has 6 atom stereocenters. The summed E-state index contributed by atoms with van der Waals surface area (Å²) in [7, 11) is -12.8. The molecule has 782 valence electrons. The number of carbonyl (C=O) groups excluding carboxylic acids is 9. The number of alkyl halides is 3. The van der Waals surface area contributed by atoms with Gasteiger partial charge in [0.15, 0.2) is 53.7 Å². The average Bonchev–Trinajstić information content (AvgIpc) is 1.61. The Kier molecular flexibility index (Phi) is 34.6. The van der Waals surface area contributed by atoms with E-state index in [4.69, 9.17) is 46.5 Å². The van der Waals surface area contributed by atoms with Crippen LogP contribution in [0.25, 0.3) is 88.3 Å². The summed E-state index contributed by atoms with van der Waals surface area (Å²) in [6, 6.07) is 34.2. The molecule has 4 N–H and O–H groups in total. The lowest BCUT2D eigenvalue weighted by Crippen LogP contribution is -2.42. The summed E-state index contributed by atoms with van der Waals surface area (Å²) in [5.41, 5.74) is 7.36. The van der Waals surface area contributed by atoms with Crippen molar-refractivity contribution in [1.29, 1.82) is 0 Å². The van der Waals surface area contributed by atoms with Crippen LogP contribution in [0.2, 0.25) is 10.0 Å². The molecule has 0 saturated carbocycles. The summed E-state index contributed by atoms with van der Waals surface area (Å²) in [5.74, 6) is -3.45. The van der Waals surface area contributed by atoms with Crippen LogP contribution in [-0.4, -0.2) is 224 Å². The first-order chi connectivity index (χ1) is 71.3. The van der Waals surface area contributed by atoms with Gasteiger partial charge in [-0.05, 0) is 116 Å². The van der Waals surface area contributed by atoms with E-state index in [9.17, 15) is 85.2 Å².